The molecule has 4 aromatic rings. The first-order chi connectivity index (χ1) is 15.2. The van der Waals surface area contributed by atoms with Crippen LogP contribution >= 0.6 is 22.9 Å². The number of nitrogens with two attached hydrogens (primary N) is 1. The molecule has 162 valence electrons. The summed E-state index contributed by atoms with van der Waals surface area (Å²) in [6.45, 7) is 0. The highest BCUT2D eigenvalue weighted by Gasteiger charge is 2.19. The molecule has 3 N–H and O–H groups in total. The SMILES string of the molecule is NS(=O)(=O)c1ccc(Nc2cccc(-c3csc(-c4ccccc4Cl)n3)c2)c([N+](=O)[O-])c1. The third-order valence-corrected chi connectivity index (χ3v) is 6.66. The van der Waals surface area contributed by atoms with Crippen molar-refractivity contribution in [3.8, 4) is 21.8 Å². The Balaban J connectivity index is 1.65. The summed E-state index contributed by atoms with van der Waals surface area (Å²) in [6.07, 6.45) is 0. The molecule has 3 aromatic carbocycles. The van der Waals surface area contributed by atoms with Gasteiger partial charge >= 0.3 is 0 Å². The van der Waals surface area contributed by atoms with Crippen LogP contribution < -0.4 is 10.5 Å². The van der Waals surface area contributed by atoms with Crippen LogP contribution in [0.1, 0.15) is 0 Å². The van der Waals surface area contributed by atoms with Crippen LogP contribution in [-0.2, 0) is 10.0 Å². The number of anilines is 2. The molecule has 8 nitrogen and oxygen atoms in total. The number of hydrogen-bond donors (Lipinski definition) is 2. The summed E-state index contributed by atoms with van der Waals surface area (Å²) in [7, 11) is -4.06. The van der Waals surface area contributed by atoms with E-state index in [4.69, 9.17) is 16.7 Å². The summed E-state index contributed by atoms with van der Waals surface area (Å²) >= 11 is 7.72. The Kier molecular flexibility index (Phi) is 5.94. The van der Waals surface area contributed by atoms with Crippen LogP contribution in [-0.4, -0.2) is 18.3 Å². The fraction of sp³-hybridized carbons (Fsp3) is 0. The number of hydrogen-bond acceptors (Lipinski definition) is 7. The first-order valence-electron chi connectivity index (χ1n) is 9.11. The van der Waals surface area contributed by atoms with E-state index in [0.717, 1.165) is 27.9 Å². The zero-order valence-corrected chi connectivity index (χ0v) is 18.6. The Bertz CT molecular complexity index is 1440. The van der Waals surface area contributed by atoms with Crippen molar-refractivity contribution in [3.05, 3.63) is 87.2 Å². The molecule has 4 rings (SSSR count). The highest BCUT2D eigenvalue weighted by Crippen LogP contribution is 2.35. The molecule has 1 heterocycles. The third kappa shape index (κ3) is 4.63. The fourth-order valence-electron chi connectivity index (χ4n) is 3.02. The lowest BCUT2D eigenvalue weighted by molar-refractivity contribution is -0.384. The van der Waals surface area contributed by atoms with Gasteiger partial charge < -0.3 is 5.32 Å². The van der Waals surface area contributed by atoms with Crippen molar-refractivity contribution in [2.24, 2.45) is 5.14 Å². The first kappa shape index (κ1) is 21.9. The lowest BCUT2D eigenvalue weighted by atomic mass is 10.1. The van der Waals surface area contributed by atoms with Gasteiger partial charge in [-0.25, -0.2) is 18.5 Å². The molecule has 0 spiro atoms. The number of rotatable bonds is 6. The number of nitrogens with one attached hydrogen (secondary N) is 1. The maximum absolute atomic E-state index is 11.5. The number of thiazole rings is 1. The molecule has 0 aliphatic rings. The van der Waals surface area contributed by atoms with Gasteiger partial charge in [-0.1, -0.05) is 41.9 Å². The van der Waals surface area contributed by atoms with E-state index >= 15 is 0 Å². The second-order valence-corrected chi connectivity index (χ2v) is 9.53. The van der Waals surface area contributed by atoms with Gasteiger partial charge in [-0.05, 0) is 30.3 Å². The van der Waals surface area contributed by atoms with E-state index in [9.17, 15) is 18.5 Å². The summed E-state index contributed by atoms with van der Waals surface area (Å²) in [5.74, 6) is 0. The number of benzene rings is 3. The van der Waals surface area contributed by atoms with Gasteiger partial charge in [0.25, 0.3) is 5.69 Å². The number of sulfonamides is 1. The molecule has 0 fully saturated rings. The Morgan fingerprint density at radius 2 is 1.84 bits per heavy atom. The molecule has 0 bridgehead atoms. The molecule has 32 heavy (non-hydrogen) atoms. The van der Waals surface area contributed by atoms with Crippen LogP contribution in [0.4, 0.5) is 17.1 Å². The predicted molar refractivity (Wildman–Crippen MR) is 126 cm³/mol. The van der Waals surface area contributed by atoms with Crippen molar-refractivity contribution in [1.82, 2.24) is 4.98 Å². The van der Waals surface area contributed by atoms with Crippen molar-refractivity contribution in [2.45, 2.75) is 4.90 Å². The molecule has 0 radical (unpaired) electrons. The molecule has 1 aromatic heterocycles. The topological polar surface area (TPSA) is 128 Å². The van der Waals surface area contributed by atoms with E-state index in [0.29, 0.717) is 10.7 Å². The van der Waals surface area contributed by atoms with Crippen LogP contribution in [0.5, 0.6) is 0 Å². The van der Waals surface area contributed by atoms with Crippen LogP contribution in [0.3, 0.4) is 0 Å². The molecular weight excluding hydrogens is 472 g/mol. The maximum Gasteiger partial charge on any atom is 0.294 e. The summed E-state index contributed by atoms with van der Waals surface area (Å²) in [5, 5.41) is 22.8. The molecule has 11 heteroatoms. The van der Waals surface area contributed by atoms with Crippen molar-refractivity contribution in [3.63, 3.8) is 0 Å². The van der Waals surface area contributed by atoms with Gasteiger partial charge in [0.05, 0.1) is 20.5 Å². The average molecular weight is 487 g/mol. The minimum Gasteiger partial charge on any atom is -0.350 e. The van der Waals surface area contributed by atoms with Crippen LogP contribution in [0.25, 0.3) is 21.8 Å². The normalized spacial score (nSPS) is 11.3. The molecule has 0 aliphatic heterocycles. The lowest BCUT2D eigenvalue weighted by Gasteiger charge is -2.09. The summed E-state index contributed by atoms with van der Waals surface area (Å²) in [5.41, 5.74) is 2.67. The molecule has 0 saturated heterocycles. The van der Waals surface area contributed by atoms with Crippen molar-refractivity contribution in [2.75, 3.05) is 5.32 Å². The van der Waals surface area contributed by atoms with Crippen LogP contribution in [0.2, 0.25) is 5.02 Å². The van der Waals surface area contributed by atoms with Gasteiger partial charge in [-0.3, -0.25) is 10.1 Å². The minimum atomic E-state index is -4.06. The van der Waals surface area contributed by atoms with Gasteiger partial charge in [0, 0.05) is 28.3 Å². The summed E-state index contributed by atoms with van der Waals surface area (Å²) < 4.78 is 23.0. The largest absolute Gasteiger partial charge is 0.350 e. The van der Waals surface area contributed by atoms with Crippen molar-refractivity contribution < 1.29 is 13.3 Å². The number of halogens is 1. The molecule has 0 saturated carbocycles. The number of nitro groups is 1. The Morgan fingerprint density at radius 1 is 1.06 bits per heavy atom. The standard InChI is InChI=1S/C21H15ClN4O4S2/c22-17-7-2-1-6-16(17)21-25-19(12-31-21)13-4-3-5-14(10-13)24-18-9-8-15(32(23,29)30)11-20(18)26(27)28/h1-12,24H,(H2,23,29,30). The summed E-state index contributed by atoms with van der Waals surface area (Å²) in [4.78, 5) is 15.1. The highest BCUT2D eigenvalue weighted by atomic mass is 35.5. The third-order valence-electron chi connectivity index (χ3n) is 4.54. The second kappa shape index (κ2) is 8.67. The first-order valence-corrected chi connectivity index (χ1v) is 11.9. The Hall–Kier alpha value is -3.31. The maximum atomic E-state index is 11.5. The molecule has 0 amide bonds. The van der Waals surface area contributed by atoms with Gasteiger partial charge in [0.15, 0.2) is 0 Å². The Labute approximate surface area is 192 Å². The van der Waals surface area contributed by atoms with Gasteiger partial charge in [0.1, 0.15) is 10.7 Å². The second-order valence-electron chi connectivity index (χ2n) is 6.70. The van der Waals surface area contributed by atoms with E-state index in [2.05, 4.69) is 10.3 Å². The monoisotopic (exact) mass is 486 g/mol. The molecule has 0 unspecified atom stereocenters. The Morgan fingerprint density at radius 3 is 2.56 bits per heavy atom. The van der Waals surface area contributed by atoms with E-state index in [-0.39, 0.29) is 10.6 Å². The summed E-state index contributed by atoms with van der Waals surface area (Å²) in [6, 6.07) is 18.1. The van der Waals surface area contributed by atoms with Crippen LogP contribution in [0.15, 0.2) is 77.0 Å². The number of aromatic nitrogens is 1. The number of primary sulfonamides is 1. The van der Waals surface area contributed by atoms with E-state index < -0.39 is 20.6 Å². The smallest absolute Gasteiger partial charge is 0.294 e. The molecule has 0 atom stereocenters. The fourth-order valence-corrected chi connectivity index (χ4v) is 4.70. The van der Waals surface area contributed by atoms with Gasteiger partial charge in [-0.2, -0.15) is 0 Å². The van der Waals surface area contributed by atoms with Gasteiger partial charge in [0.2, 0.25) is 10.0 Å². The van der Waals surface area contributed by atoms with E-state index in [1.54, 1.807) is 24.3 Å². The molecular formula is C21H15ClN4O4S2. The minimum absolute atomic E-state index is 0.134. The lowest BCUT2D eigenvalue weighted by Crippen LogP contribution is -2.12. The van der Waals surface area contributed by atoms with Crippen molar-refractivity contribution in [1.29, 1.82) is 0 Å². The predicted octanol–water partition coefficient (Wildman–Crippen LogP) is 5.43. The molecule has 0 aliphatic carbocycles. The number of nitrogens with zero attached hydrogens (tertiary/aromatic N) is 2. The zero-order valence-electron chi connectivity index (χ0n) is 16.2. The van der Waals surface area contributed by atoms with E-state index in [1.165, 1.54) is 23.5 Å². The van der Waals surface area contributed by atoms with E-state index in [1.807, 2.05) is 29.6 Å². The zero-order chi connectivity index (χ0) is 22.9. The highest BCUT2D eigenvalue weighted by molar-refractivity contribution is 7.89. The quantitative estimate of drug-likeness (QED) is 0.276. The van der Waals surface area contributed by atoms with Gasteiger partial charge in [-0.15, -0.1) is 11.3 Å². The van der Waals surface area contributed by atoms with Crippen LogP contribution in [0, 0.1) is 10.1 Å². The van der Waals surface area contributed by atoms with Crippen molar-refractivity contribution >= 4 is 50.0 Å². The number of nitro benzene ring substituents is 1. The average Bonchev–Trinajstić information content (AvgIpc) is 3.24.